The Morgan fingerprint density at radius 3 is 2.92 bits per heavy atom. The molecule has 1 aliphatic rings. The third-order valence-electron chi connectivity index (χ3n) is 2.24. The van der Waals surface area contributed by atoms with E-state index in [1.165, 1.54) is 7.11 Å². The third kappa shape index (κ3) is 2.19. The fourth-order valence-electron chi connectivity index (χ4n) is 1.30. The van der Waals surface area contributed by atoms with Gasteiger partial charge < -0.3 is 9.84 Å². The lowest BCUT2D eigenvalue weighted by Crippen LogP contribution is -2.38. The van der Waals surface area contributed by atoms with E-state index in [0.717, 1.165) is 6.42 Å². The van der Waals surface area contributed by atoms with Crippen LogP contribution in [-0.2, 0) is 9.53 Å². The minimum absolute atomic E-state index is 0.119. The maximum atomic E-state index is 10.7. The topological polar surface area (TPSA) is 46.5 Å². The first-order chi connectivity index (χ1) is 5.65. The van der Waals surface area contributed by atoms with E-state index in [2.05, 4.69) is 4.74 Å². The number of aliphatic hydroxyl groups excluding tert-OH is 1. The maximum Gasteiger partial charge on any atom is 0.154 e. The first-order valence-corrected chi connectivity index (χ1v) is 4.46. The number of Topliss-reactive ketones (excluding diaryl/α,β-unsaturated/α-hetero) is 1. The van der Waals surface area contributed by atoms with Gasteiger partial charge in [-0.25, -0.2) is 0 Å². The number of hydrogen-bond acceptors (Lipinski definition) is 3. The zero-order valence-corrected chi connectivity index (χ0v) is 7.75. The molecule has 0 saturated heterocycles. The summed E-state index contributed by atoms with van der Waals surface area (Å²) in [6, 6.07) is 0. The van der Waals surface area contributed by atoms with Gasteiger partial charge in [-0.2, -0.15) is 0 Å². The van der Waals surface area contributed by atoms with E-state index in [0.29, 0.717) is 12.8 Å². The Balaban J connectivity index is 2.13. The summed E-state index contributed by atoms with van der Waals surface area (Å²) in [5, 5.41) is 8.70. The molecule has 1 saturated carbocycles. The normalized spacial score (nSPS) is 31.4. The smallest absolute Gasteiger partial charge is 0.154 e. The van der Waals surface area contributed by atoms with E-state index in [4.69, 9.17) is 16.7 Å². The van der Waals surface area contributed by atoms with E-state index in [-0.39, 0.29) is 17.1 Å². The monoisotopic (exact) mass is 192 g/mol. The molecule has 3 nitrogen and oxygen atoms in total. The summed E-state index contributed by atoms with van der Waals surface area (Å²) in [5.41, 5.74) is 0. The number of ketones is 1. The third-order valence-corrected chi connectivity index (χ3v) is 2.84. The van der Waals surface area contributed by atoms with Crippen molar-refractivity contribution in [2.24, 2.45) is 5.92 Å². The van der Waals surface area contributed by atoms with Crippen LogP contribution < -0.4 is 0 Å². The molecule has 0 aromatic heterocycles. The van der Waals surface area contributed by atoms with Crippen LogP contribution in [0.4, 0.5) is 0 Å². The number of ether oxygens (including phenoxy) is 1. The van der Waals surface area contributed by atoms with Crippen molar-refractivity contribution in [3.05, 3.63) is 0 Å². The fraction of sp³-hybridized carbons (Fsp3) is 0.875. The van der Waals surface area contributed by atoms with Gasteiger partial charge in [-0.05, 0) is 18.8 Å². The predicted molar refractivity (Wildman–Crippen MR) is 45.0 cm³/mol. The highest BCUT2D eigenvalue weighted by molar-refractivity contribution is 6.33. The Kier molecular flexibility index (Phi) is 3.50. The minimum atomic E-state index is -0.718. The molecule has 0 aliphatic heterocycles. The average Bonchev–Trinajstić information content (AvgIpc) is 2.10. The molecule has 4 heteroatoms. The summed E-state index contributed by atoms with van der Waals surface area (Å²) < 4.78 is 4.66. The number of methoxy groups -OCH3 is 1. The lowest BCUT2D eigenvalue weighted by Gasteiger charge is -2.30. The first kappa shape index (κ1) is 9.96. The number of halogens is 1. The van der Waals surface area contributed by atoms with E-state index in [9.17, 15) is 4.79 Å². The summed E-state index contributed by atoms with van der Waals surface area (Å²) in [4.78, 5) is 10.7. The van der Waals surface area contributed by atoms with E-state index < -0.39 is 6.29 Å². The number of aliphatic hydroxyl groups is 1. The van der Waals surface area contributed by atoms with Crippen LogP contribution in [0.3, 0.4) is 0 Å². The predicted octanol–water partition coefficient (Wildman–Crippen LogP) is 0.928. The van der Waals surface area contributed by atoms with Gasteiger partial charge in [0.25, 0.3) is 0 Å². The largest absolute Gasteiger partial charge is 0.368 e. The molecule has 0 radical (unpaired) electrons. The standard InChI is InChI=1S/C8H13ClO3/c1-12-7(11)3-2-5-4-6(10)8(5)9/h5,7-8,11H,2-4H2,1H3. The number of hydrogen-bond donors (Lipinski definition) is 1. The summed E-state index contributed by atoms with van der Waals surface area (Å²) >= 11 is 5.72. The van der Waals surface area contributed by atoms with Gasteiger partial charge in [0.05, 0.1) is 5.38 Å². The second kappa shape index (κ2) is 4.21. The van der Waals surface area contributed by atoms with Crippen LogP contribution in [0.5, 0.6) is 0 Å². The molecule has 1 aliphatic carbocycles. The molecule has 0 bridgehead atoms. The average molecular weight is 193 g/mol. The molecule has 1 fully saturated rings. The van der Waals surface area contributed by atoms with Gasteiger partial charge in [0.2, 0.25) is 0 Å². The van der Waals surface area contributed by atoms with Crippen molar-refractivity contribution in [1.29, 1.82) is 0 Å². The summed E-state index contributed by atoms with van der Waals surface area (Å²) in [6.45, 7) is 0. The lowest BCUT2D eigenvalue weighted by molar-refractivity contribution is -0.127. The van der Waals surface area contributed by atoms with Crippen LogP contribution in [0.25, 0.3) is 0 Å². The molecule has 70 valence electrons. The fourth-order valence-corrected chi connectivity index (χ4v) is 1.60. The van der Waals surface area contributed by atoms with E-state index >= 15 is 0 Å². The van der Waals surface area contributed by atoms with Crippen LogP contribution in [0.15, 0.2) is 0 Å². The van der Waals surface area contributed by atoms with Gasteiger partial charge in [0.15, 0.2) is 12.1 Å². The van der Waals surface area contributed by atoms with Crippen LogP contribution in [0, 0.1) is 5.92 Å². The number of carbonyl (C=O) groups is 1. The highest BCUT2D eigenvalue weighted by Gasteiger charge is 2.37. The van der Waals surface area contributed by atoms with Gasteiger partial charge in [-0.15, -0.1) is 11.6 Å². The van der Waals surface area contributed by atoms with Crippen molar-refractivity contribution in [2.75, 3.05) is 7.11 Å². The number of rotatable bonds is 4. The van der Waals surface area contributed by atoms with Crippen molar-refractivity contribution in [3.63, 3.8) is 0 Å². The van der Waals surface area contributed by atoms with Gasteiger partial charge >= 0.3 is 0 Å². The van der Waals surface area contributed by atoms with Gasteiger partial charge in [0.1, 0.15) is 0 Å². The molecule has 0 aromatic rings. The molecule has 0 spiro atoms. The second-order valence-electron chi connectivity index (χ2n) is 3.10. The van der Waals surface area contributed by atoms with Gasteiger partial charge in [0, 0.05) is 13.5 Å². The highest BCUT2D eigenvalue weighted by Crippen LogP contribution is 2.32. The van der Waals surface area contributed by atoms with E-state index in [1.54, 1.807) is 0 Å². The summed E-state index contributed by atoms with van der Waals surface area (Å²) in [7, 11) is 1.45. The Labute approximate surface area is 76.7 Å². The van der Waals surface area contributed by atoms with Gasteiger partial charge in [-0.3, -0.25) is 4.79 Å². The Bertz CT molecular complexity index is 172. The van der Waals surface area contributed by atoms with Crippen molar-refractivity contribution in [2.45, 2.75) is 30.9 Å². The van der Waals surface area contributed by atoms with Crippen molar-refractivity contribution in [1.82, 2.24) is 0 Å². The van der Waals surface area contributed by atoms with Crippen LogP contribution in [0.1, 0.15) is 19.3 Å². The quantitative estimate of drug-likeness (QED) is 0.533. The summed E-state index contributed by atoms with van der Waals surface area (Å²) in [6.07, 6.45) is 1.15. The van der Waals surface area contributed by atoms with Crippen molar-refractivity contribution < 1.29 is 14.6 Å². The molecule has 3 unspecified atom stereocenters. The Morgan fingerprint density at radius 2 is 2.50 bits per heavy atom. The minimum Gasteiger partial charge on any atom is -0.368 e. The first-order valence-electron chi connectivity index (χ1n) is 4.02. The SMILES string of the molecule is COC(O)CCC1CC(=O)C1Cl. The molecule has 12 heavy (non-hydrogen) atoms. The highest BCUT2D eigenvalue weighted by atomic mass is 35.5. The van der Waals surface area contributed by atoms with Crippen LogP contribution in [0.2, 0.25) is 0 Å². The van der Waals surface area contributed by atoms with Crippen molar-refractivity contribution >= 4 is 17.4 Å². The molecule has 3 atom stereocenters. The van der Waals surface area contributed by atoms with Crippen LogP contribution in [-0.4, -0.2) is 29.7 Å². The maximum absolute atomic E-state index is 10.7. The van der Waals surface area contributed by atoms with Crippen molar-refractivity contribution in [3.8, 4) is 0 Å². The Hall–Kier alpha value is -0.120. The molecule has 0 aromatic carbocycles. The molecular weight excluding hydrogens is 180 g/mol. The Morgan fingerprint density at radius 1 is 1.83 bits per heavy atom. The number of carbonyl (C=O) groups excluding carboxylic acids is 1. The lowest BCUT2D eigenvalue weighted by atomic mass is 9.80. The molecular formula is C8H13ClO3. The van der Waals surface area contributed by atoms with Gasteiger partial charge in [-0.1, -0.05) is 0 Å². The van der Waals surface area contributed by atoms with Crippen LogP contribution >= 0.6 is 11.6 Å². The van der Waals surface area contributed by atoms with E-state index in [1.807, 2.05) is 0 Å². The second-order valence-corrected chi connectivity index (χ2v) is 3.57. The molecule has 0 amide bonds. The number of alkyl halides is 1. The summed E-state index contributed by atoms with van der Waals surface area (Å²) in [5.74, 6) is 0.359. The molecule has 1 N–H and O–H groups in total. The molecule has 1 rings (SSSR count). The zero-order chi connectivity index (χ0) is 9.14. The zero-order valence-electron chi connectivity index (χ0n) is 7.00. The molecule has 0 heterocycles.